The molecule has 0 amide bonds. The summed E-state index contributed by atoms with van der Waals surface area (Å²) in [6.07, 6.45) is 9.82. The van der Waals surface area contributed by atoms with Gasteiger partial charge in [0, 0.05) is 11.6 Å². The molecule has 0 aromatic heterocycles. The van der Waals surface area contributed by atoms with Gasteiger partial charge in [-0.05, 0) is 83.9 Å². The summed E-state index contributed by atoms with van der Waals surface area (Å²) in [5.41, 5.74) is 8.43. The Bertz CT molecular complexity index is 1460. The number of hydrogen-bond acceptors (Lipinski definition) is 4. The monoisotopic (exact) mass is 521 g/mol. The Kier molecular flexibility index (Phi) is 8.38. The number of terminal acetylenes is 1. The molecule has 1 N–H and O–H groups in total. The van der Waals surface area contributed by atoms with Gasteiger partial charge in [-0.25, -0.2) is 0 Å². The molecule has 4 nitrogen and oxygen atoms in total. The molecule has 0 saturated heterocycles. The third-order valence-corrected chi connectivity index (χ3v) is 8.34. The molecule has 192 valence electrons. The van der Waals surface area contributed by atoms with Crippen molar-refractivity contribution in [2.75, 3.05) is 4.31 Å². The molecular formula is C33H31NO3S. The molecule has 2 unspecified atom stereocenters. The summed E-state index contributed by atoms with van der Waals surface area (Å²) in [7, 11) is 0. The Labute approximate surface area is 228 Å². The Hall–Kier alpha value is -3.82. The Morgan fingerprint density at radius 3 is 2.53 bits per heavy atom. The lowest BCUT2D eigenvalue weighted by molar-refractivity contribution is 0.112. The molecule has 0 fully saturated rings. The minimum atomic E-state index is -1.47. The first-order valence-corrected chi connectivity index (χ1v) is 13.6. The Balaban J connectivity index is 1.53. The number of nitrogens with zero attached hydrogens (tertiary/aromatic N) is 1. The van der Waals surface area contributed by atoms with Gasteiger partial charge in [0.15, 0.2) is 11.2 Å². The smallest absolute Gasteiger partial charge is 0.190 e. The molecule has 3 aromatic carbocycles. The third kappa shape index (κ3) is 5.39. The molecule has 0 bridgehead atoms. The first-order chi connectivity index (χ1) is 18.3. The summed E-state index contributed by atoms with van der Waals surface area (Å²) < 4.78 is 15.0. The fourth-order valence-electron chi connectivity index (χ4n) is 4.60. The van der Waals surface area contributed by atoms with Crippen molar-refractivity contribution in [3.63, 3.8) is 0 Å². The van der Waals surface area contributed by atoms with Crippen LogP contribution in [0.4, 0.5) is 5.69 Å². The molecule has 0 aliphatic carbocycles. The SMILES string of the molecule is C#C/C=C(\CCC(=C)c1cc(CC)ccc1C=O)c1ccc(N2C(=C)c3ccc(C(C)O)cc3[S+]2[O-])cc1. The highest BCUT2D eigenvalue weighted by Gasteiger charge is 2.38. The lowest BCUT2D eigenvalue weighted by Crippen LogP contribution is -2.22. The average Bonchev–Trinajstić information content (AvgIpc) is 3.19. The second-order valence-electron chi connectivity index (χ2n) is 9.30. The number of aryl methyl sites for hydroxylation is 1. The predicted octanol–water partition coefficient (Wildman–Crippen LogP) is 7.14. The molecular weight excluding hydrogens is 490 g/mol. The molecule has 5 heteroatoms. The van der Waals surface area contributed by atoms with Crippen LogP contribution in [-0.2, 0) is 17.8 Å². The molecule has 3 aromatic rings. The van der Waals surface area contributed by atoms with Crippen molar-refractivity contribution in [1.82, 2.24) is 0 Å². The van der Waals surface area contributed by atoms with E-state index in [0.29, 0.717) is 29.0 Å². The second kappa shape index (κ2) is 11.7. The molecule has 0 radical (unpaired) electrons. The van der Waals surface area contributed by atoms with Crippen LogP contribution in [0, 0.1) is 12.3 Å². The number of benzene rings is 3. The summed E-state index contributed by atoms with van der Waals surface area (Å²) in [6.45, 7) is 12.2. The maximum absolute atomic E-state index is 13.3. The maximum Gasteiger partial charge on any atom is 0.190 e. The minimum absolute atomic E-state index is 0.638. The first kappa shape index (κ1) is 27.2. The van der Waals surface area contributed by atoms with E-state index in [4.69, 9.17) is 6.42 Å². The molecule has 2 atom stereocenters. The zero-order valence-corrected chi connectivity index (χ0v) is 22.6. The second-order valence-corrected chi connectivity index (χ2v) is 10.6. The third-order valence-electron chi connectivity index (χ3n) is 6.86. The summed E-state index contributed by atoms with van der Waals surface area (Å²) in [5, 5.41) is 9.93. The van der Waals surface area contributed by atoms with Gasteiger partial charge in [0.05, 0.1) is 23.1 Å². The van der Waals surface area contributed by atoms with Crippen LogP contribution < -0.4 is 4.31 Å². The van der Waals surface area contributed by atoms with Crippen molar-refractivity contribution in [1.29, 1.82) is 0 Å². The van der Waals surface area contributed by atoms with Crippen molar-refractivity contribution in [3.8, 4) is 12.3 Å². The summed E-state index contributed by atoms with van der Waals surface area (Å²) in [6, 6.07) is 19.1. The van der Waals surface area contributed by atoms with Crippen molar-refractivity contribution >= 4 is 40.2 Å². The molecule has 4 rings (SSSR count). The van der Waals surface area contributed by atoms with Gasteiger partial charge in [-0.2, -0.15) is 4.31 Å². The number of aldehydes is 1. The standard InChI is InChI=1S/C33H31NO3S/c1-6-8-26(11-9-22(3)32-19-25(7-2)10-12-29(32)21-35)27-13-16-30(17-14-27)34-23(4)31-18-15-28(24(5)36)20-33(31)38(34)37/h1,8,10,12-21,24,36H,3-4,7,9,11H2,2,5H3/b26-8+. The number of hydrogen-bond donors (Lipinski definition) is 1. The topological polar surface area (TPSA) is 63.6 Å². The van der Waals surface area contributed by atoms with E-state index in [1.165, 1.54) is 0 Å². The van der Waals surface area contributed by atoms with Gasteiger partial charge < -0.3 is 9.66 Å². The van der Waals surface area contributed by atoms with Crippen LogP contribution in [0.5, 0.6) is 0 Å². The molecule has 0 saturated carbocycles. The van der Waals surface area contributed by atoms with E-state index in [-0.39, 0.29) is 0 Å². The van der Waals surface area contributed by atoms with Crippen LogP contribution in [0.2, 0.25) is 0 Å². The zero-order chi connectivity index (χ0) is 27.4. The number of carbonyl (C=O) groups excluding carboxylic acids is 1. The number of aliphatic hydroxyl groups excluding tert-OH is 1. The van der Waals surface area contributed by atoms with E-state index in [1.807, 2.05) is 54.6 Å². The lowest BCUT2D eigenvalue weighted by atomic mass is 9.92. The van der Waals surface area contributed by atoms with Gasteiger partial charge in [0.2, 0.25) is 0 Å². The molecule has 1 aliphatic heterocycles. The highest BCUT2D eigenvalue weighted by molar-refractivity contribution is 7.93. The van der Waals surface area contributed by atoms with Crippen molar-refractivity contribution in [2.24, 2.45) is 0 Å². The summed E-state index contributed by atoms with van der Waals surface area (Å²) in [5.74, 6) is 2.64. The van der Waals surface area contributed by atoms with Crippen LogP contribution in [0.15, 0.2) is 84.8 Å². The van der Waals surface area contributed by atoms with E-state index in [0.717, 1.165) is 57.4 Å². The quantitative estimate of drug-likeness (QED) is 0.185. The molecule has 38 heavy (non-hydrogen) atoms. The number of allylic oxidation sites excluding steroid dienone is 3. The fraction of sp³-hybridized carbons (Fsp3) is 0.182. The van der Waals surface area contributed by atoms with E-state index in [9.17, 15) is 14.5 Å². The molecule has 0 spiro atoms. The molecule has 1 aliphatic rings. The highest BCUT2D eigenvalue weighted by Crippen LogP contribution is 2.42. The van der Waals surface area contributed by atoms with Gasteiger partial charge in [0.1, 0.15) is 11.4 Å². The van der Waals surface area contributed by atoms with Gasteiger partial charge >= 0.3 is 0 Å². The largest absolute Gasteiger partial charge is 0.587 e. The lowest BCUT2D eigenvalue weighted by Gasteiger charge is -2.20. The summed E-state index contributed by atoms with van der Waals surface area (Å²) in [4.78, 5) is 12.2. The number of aliphatic hydroxyl groups is 1. The van der Waals surface area contributed by atoms with Crippen LogP contribution in [0.1, 0.15) is 71.0 Å². The van der Waals surface area contributed by atoms with Crippen LogP contribution in [-0.4, -0.2) is 15.9 Å². The molecule has 1 heterocycles. The number of fused-ring (bicyclic) bond motifs is 1. The van der Waals surface area contributed by atoms with Crippen LogP contribution in [0.3, 0.4) is 0 Å². The van der Waals surface area contributed by atoms with Crippen molar-refractivity contribution < 1.29 is 14.5 Å². The predicted molar refractivity (Wildman–Crippen MR) is 158 cm³/mol. The van der Waals surface area contributed by atoms with E-state index in [1.54, 1.807) is 23.4 Å². The Morgan fingerprint density at radius 1 is 1.16 bits per heavy atom. The van der Waals surface area contributed by atoms with Crippen molar-refractivity contribution in [3.05, 3.63) is 113 Å². The average molecular weight is 522 g/mol. The van der Waals surface area contributed by atoms with Crippen LogP contribution >= 0.6 is 0 Å². The normalized spacial score (nSPS) is 15.7. The fourth-order valence-corrected chi connectivity index (χ4v) is 6.02. The summed E-state index contributed by atoms with van der Waals surface area (Å²) >= 11 is -1.47. The maximum atomic E-state index is 13.3. The van der Waals surface area contributed by atoms with Gasteiger partial charge in [-0.1, -0.05) is 62.4 Å². The van der Waals surface area contributed by atoms with Gasteiger partial charge in [-0.3, -0.25) is 4.79 Å². The number of anilines is 1. The Morgan fingerprint density at radius 2 is 1.89 bits per heavy atom. The van der Waals surface area contributed by atoms with Gasteiger partial charge in [0.25, 0.3) is 0 Å². The van der Waals surface area contributed by atoms with Gasteiger partial charge in [-0.15, -0.1) is 6.42 Å². The zero-order valence-electron chi connectivity index (χ0n) is 21.7. The van der Waals surface area contributed by atoms with Crippen LogP contribution in [0.25, 0.3) is 16.8 Å². The van der Waals surface area contributed by atoms with E-state index >= 15 is 0 Å². The number of rotatable bonds is 9. The van der Waals surface area contributed by atoms with E-state index < -0.39 is 17.5 Å². The van der Waals surface area contributed by atoms with Crippen molar-refractivity contribution in [2.45, 2.75) is 44.1 Å². The highest BCUT2D eigenvalue weighted by atomic mass is 32.2. The van der Waals surface area contributed by atoms with E-state index in [2.05, 4.69) is 26.0 Å². The number of carbonyl (C=O) groups is 1. The first-order valence-electron chi connectivity index (χ1n) is 12.5. The minimum Gasteiger partial charge on any atom is -0.587 e.